The van der Waals surface area contributed by atoms with E-state index in [4.69, 9.17) is 0 Å². The molecule has 0 bridgehead atoms. The molecule has 0 radical (unpaired) electrons. The molecule has 37 heavy (non-hydrogen) atoms. The van der Waals surface area contributed by atoms with Crippen LogP contribution < -0.4 is 0 Å². The zero-order valence-electron chi connectivity index (χ0n) is 21.6. The van der Waals surface area contributed by atoms with E-state index >= 15 is 0 Å². The number of hydrogen-bond donors (Lipinski definition) is 0. The van der Waals surface area contributed by atoms with Crippen molar-refractivity contribution in [2.75, 3.05) is 0 Å². The van der Waals surface area contributed by atoms with E-state index < -0.39 is 20.2 Å². The minimum absolute atomic E-state index is 0. The molecule has 0 spiro atoms. The Morgan fingerprint density at radius 2 is 0.892 bits per heavy atom. The molecule has 0 unspecified atom stereocenters. The fraction of sp³-hybridized carbons (Fsp3) is 0.286. The summed E-state index contributed by atoms with van der Waals surface area (Å²) >= 11 is 0. The van der Waals surface area contributed by atoms with E-state index in [-0.39, 0.29) is 47.5 Å². The first-order valence-corrected chi connectivity index (χ1v) is 14.8. The molecule has 0 aliphatic carbocycles. The standard InChI is InChI=1S/2C14H16O3S.Ca/c2*1-3-10-7-11(4-2)14-9-13(18(15,16)17)6-5-12(14)8-10;/h2*5-9H,3-4H2,1-2H3,(H,15,16,17);/q;;+2/p-2. The Labute approximate surface area is 249 Å². The molecule has 0 saturated carbocycles. The van der Waals surface area contributed by atoms with Crippen LogP contribution in [0.4, 0.5) is 0 Å². The average Bonchev–Trinajstić information content (AvgIpc) is 2.85. The zero-order chi connectivity index (χ0) is 26.7. The first-order valence-electron chi connectivity index (χ1n) is 11.9. The number of hydrogen-bond acceptors (Lipinski definition) is 6. The number of rotatable bonds is 6. The van der Waals surface area contributed by atoms with Gasteiger partial charge >= 0.3 is 37.7 Å². The second-order valence-electron chi connectivity index (χ2n) is 8.60. The van der Waals surface area contributed by atoms with Crippen molar-refractivity contribution in [3.63, 3.8) is 0 Å². The van der Waals surface area contributed by atoms with Gasteiger partial charge in [0, 0.05) is 0 Å². The van der Waals surface area contributed by atoms with E-state index in [2.05, 4.69) is 26.0 Å². The van der Waals surface area contributed by atoms with Crippen molar-refractivity contribution in [3.05, 3.63) is 82.9 Å². The monoisotopic (exact) mass is 566 g/mol. The van der Waals surface area contributed by atoms with Gasteiger partial charge in [-0.05, 0) is 93.7 Å². The molecule has 6 nitrogen and oxygen atoms in total. The summed E-state index contributed by atoms with van der Waals surface area (Å²) in [6.07, 6.45) is 3.49. The molecule has 0 heterocycles. The summed E-state index contributed by atoms with van der Waals surface area (Å²) in [7, 11) is -8.77. The van der Waals surface area contributed by atoms with Crippen LogP contribution in [0, 0.1) is 0 Å². The van der Waals surface area contributed by atoms with Crippen LogP contribution in [0.1, 0.15) is 49.9 Å². The van der Waals surface area contributed by atoms with Crippen molar-refractivity contribution in [3.8, 4) is 0 Å². The van der Waals surface area contributed by atoms with E-state index in [1.54, 1.807) is 12.1 Å². The van der Waals surface area contributed by atoms with Crippen molar-refractivity contribution in [2.45, 2.75) is 63.2 Å². The average molecular weight is 567 g/mol. The summed E-state index contributed by atoms with van der Waals surface area (Å²) in [6.45, 7) is 8.20. The van der Waals surface area contributed by atoms with Gasteiger partial charge in [0.15, 0.2) is 0 Å². The normalized spacial score (nSPS) is 11.6. The van der Waals surface area contributed by atoms with Crippen LogP contribution in [0.3, 0.4) is 0 Å². The number of benzene rings is 4. The van der Waals surface area contributed by atoms with Crippen LogP contribution in [0.15, 0.2) is 70.5 Å². The summed E-state index contributed by atoms with van der Waals surface area (Å²) in [5, 5.41) is 3.68. The maximum Gasteiger partial charge on any atom is 2.00 e. The SMILES string of the molecule is CCc1cc(CC)c2cc(S(=O)(=O)[O-])ccc2c1.CCc1cc(CC)c2cc(S(=O)(=O)[O-])ccc2c1.[Ca+2]. The Morgan fingerprint density at radius 3 is 1.16 bits per heavy atom. The molecule has 0 aliphatic rings. The molecule has 0 aliphatic heterocycles. The molecular weight excluding hydrogens is 537 g/mol. The number of fused-ring (bicyclic) bond motifs is 2. The molecule has 192 valence electrons. The molecule has 4 aromatic rings. The summed E-state index contributed by atoms with van der Waals surface area (Å²) in [5.41, 5.74) is 4.60. The van der Waals surface area contributed by atoms with Gasteiger partial charge in [-0.25, -0.2) is 16.8 Å². The van der Waals surface area contributed by atoms with Crippen LogP contribution >= 0.6 is 0 Å². The third-order valence-corrected chi connectivity index (χ3v) is 7.96. The molecule has 0 atom stereocenters. The molecule has 0 fully saturated rings. The zero-order valence-corrected chi connectivity index (χ0v) is 25.4. The summed E-state index contributed by atoms with van der Waals surface area (Å²) < 4.78 is 66.3. The van der Waals surface area contributed by atoms with Crippen molar-refractivity contribution < 1.29 is 25.9 Å². The molecular formula is C28H30CaO6S2. The topological polar surface area (TPSA) is 114 Å². The first kappa shape index (κ1) is 31.7. The van der Waals surface area contributed by atoms with Gasteiger partial charge in [-0.2, -0.15) is 0 Å². The van der Waals surface area contributed by atoms with Crippen molar-refractivity contribution in [1.82, 2.24) is 0 Å². The predicted octanol–water partition coefficient (Wildman–Crippen LogP) is 5.36. The minimum atomic E-state index is -4.38. The van der Waals surface area contributed by atoms with Crippen molar-refractivity contribution in [2.24, 2.45) is 0 Å². The van der Waals surface area contributed by atoms with Crippen LogP contribution in [0.5, 0.6) is 0 Å². The van der Waals surface area contributed by atoms with Gasteiger partial charge < -0.3 is 9.11 Å². The predicted molar refractivity (Wildman–Crippen MR) is 147 cm³/mol. The minimum Gasteiger partial charge on any atom is -0.744 e. The Hall–Kier alpha value is -1.52. The Morgan fingerprint density at radius 1 is 0.541 bits per heavy atom. The second kappa shape index (κ2) is 13.0. The Kier molecular flexibility index (Phi) is 11.2. The smallest absolute Gasteiger partial charge is 0.744 e. The Balaban J connectivity index is 0.000000253. The molecule has 0 amide bonds. The van der Waals surface area contributed by atoms with Gasteiger partial charge in [-0.3, -0.25) is 0 Å². The van der Waals surface area contributed by atoms with E-state index in [1.165, 1.54) is 35.4 Å². The molecule has 9 heteroatoms. The largest absolute Gasteiger partial charge is 2.00 e. The van der Waals surface area contributed by atoms with Crippen LogP contribution in [-0.4, -0.2) is 63.7 Å². The molecule has 0 saturated heterocycles. The van der Waals surface area contributed by atoms with Crippen LogP contribution in [0.25, 0.3) is 21.5 Å². The van der Waals surface area contributed by atoms with Gasteiger partial charge in [0.25, 0.3) is 0 Å². The van der Waals surface area contributed by atoms with Gasteiger partial charge in [-0.1, -0.05) is 64.1 Å². The number of aryl methyl sites for hydroxylation is 4. The maximum atomic E-state index is 11.0. The van der Waals surface area contributed by atoms with Crippen molar-refractivity contribution in [1.29, 1.82) is 0 Å². The molecule has 4 rings (SSSR count). The molecule has 0 aromatic heterocycles. The van der Waals surface area contributed by atoms with E-state index in [0.717, 1.165) is 58.4 Å². The quantitative estimate of drug-likeness (QED) is 0.229. The van der Waals surface area contributed by atoms with Gasteiger partial charge in [0.2, 0.25) is 0 Å². The van der Waals surface area contributed by atoms with Crippen LogP contribution in [0.2, 0.25) is 0 Å². The maximum absolute atomic E-state index is 11.0. The van der Waals surface area contributed by atoms with E-state index in [1.807, 2.05) is 26.0 Å². The van der Waals surface area contributed by atoms with E-state index in [0.29, 0.717) is 0 Å². The second-order valence-corrected chi connectivity index (χ2v) is 11.4. The fourth-order valence-corrected chi connectivity index (χ4v) is 5.26. The van der Waals surface area contributed by atoms with Crippen LogP contribution in [-0.2, 0) is 45.9 Å². The van der Waals surface area contributed by atoms with Gasteiger partial charge in [0.05, 0.1) is 9.79 Å². The van der Waals surface area contributed by atoms with E-state index in [9.17, 15) is 25.9 Å². The molecule has 4 aromatic carbocycles. The summed E-state index contributed by atoms with van der Waals surface area (Å²) in [6, 6.07) is 17.4. The molecule has 0 N–H and O–H groups in total. The van der Waals surface area contributed by atoms with Gasteiger partial charge in [0.1, 0.15) is 20.2 Å². The third-order valence-electron chi connectivity index (χ3n) is 6.30. The Bertz CT molecular complexity index is 1500. The van der Waals surface area contributed by atoms with Gasteiger partial charge in [-0.15, -0.1) is 0 Å². The summed E-state index contributed by atoms with van der Waals surface area (Å²) in [5.74, 6) is 0. The third kappa shape index (κ3) is 7.76. The first-order chi connectivity index (χ1) is 16.9. The summed E-state index contributed by atoms with van der Waals surface area (Å²) in [4.78, 5) is -0.317. The fourth-order valence-electron chi connectivity index (χ4n) is 4.27. The van der Waals surface area contributed by atoms with Crippen molar-refractivity contribution >= 4 is 79.5 Å².